The third-order valence-corrected chi connectivity index (χ3v) is 4.29. The monoisotopic (exact) mass is 274 g/mol. The van der Waals surface area contributed by atoms with E-state index in [0.29, 0.717) is 0 Å². The molecule has 2 bridgehead atoms. The Labute approximate surface area is 110 Å². The Kier molecular flexibility index (Phi) is 2.57. The molecule has 1 saturated carbocycles. The molecule has 0 unspecified atom stereocenters. The molecule has 3 fully saturated rings. The van der Waals surface area contributed by atoms with Crippen LogP contribution in [-0.4, -0.2) is 61.3 Å². The van der Waals surface area contributed by atoms with Gasteiger partial charge in [0, 0.05) is 14.2 Å². The number of aliphatic hydroxyl groups is 1. The van der Waals surface area contributed by atoms with E-state index in [9.17, 15) is 9.90 Å². The Balaban J connectivity index is 2.12. The van der Waals surface area contributed by atoms with E-state index in [2.05, 4.69) is 0 Å². The summed E-state index contributed by atoms with van der Waals surface area (Å²) in [5, 5.41) is 9.80. The molecule has 1 N–H and O–H groups in total. The van der Waals surface area contributed by atoms with E-state index in [1.54, 1.807) is 13.8 Å². The second-order valence-corrected chi connectivity index (χ2v) is 5.54. The molecule has 4 atom stereocenters. The minimum atomic E-state index is -1.39. The maximum atomic E-state index is 12.1. The summed E-state index contributed by atoms with van der Waals surface area (Å²) in [5.74, 6) is -3.50. The number of rotatable bonds is 3. The van der Waals surface area contributed by atoms with Crippen molar-refractivity contribution in [3.8, 4) is 0 Å². The summed E-state index contributed by atoms with van der Waals surface area (Å²) in [7, 11) is 2.82. The van der Waals surface area contributed by atoms with Crippen molar-refractivity contribution in [2.75, 3.05) is 20.8 Å². The number of methoxy groups -OCH3 is 2. The number of hydrogen-bond donors (Lipinski definition) is 1. The molecule has 2 heterocycles. The van der Waals surface area contributed by atoms with Crippen LogP contribution in [0, 0.1) is 5.92 Å². The second-order valence-electron chi connectivity index (χ2n) is 5.54. The fourth-order valence-electron chi connectivity index (χ4n) is 3.65. The van der Waals surface area contributed by atoms with Crippen molar-refractivity contribution in [2.45, 2.75) is 43.2 Å². The zero-order valence-electron chi connectivity index (χ0n) is 11.3. The fraction of sp³-hybridized carbons (Fsp3) is 0.917. The van der Waals surface area contributed by atoms with E-state index in [1.165, 1.54) is 14.2 Å². The molecular weight excluding hydrogens is 256 g/mol. The minimum absolute atomic E-state index is 0.461. The van der Waals surface area contributed by atoms with Crippen LogP contribution in [-0.2, 0) is 28.5 Å². The van der Waals surface area contributed by atoms with E-state index >= 15 is 0 Å². The first kappa shape index (κ1) is 13.3. The second kappa shape index (κ2) is 3.67. The average molecular weight is 274 g/mol. The summed E-state index contributed by atoms with van der Waals surface area (Å²) in [6.45, 7) is 3.04. The molecule has 108 valence electrons. The molecule has 19 heavy (non-hydrogen) atoms. The zero-order chi connectivity index (χ0) is 14.1. The number of esters is 1. The van der Waals surface area contributed by atoms with Crippen LogP contribution in [0.15, 0.2) is 0 Å². The number of aliphatic hydroxyl groups excluding tert-OH is 1. The SMILES string of the molecule is COC1(OC)[C@H]2C(=O)O[C@]1(CO)[C@@H]1OC(C)(C)O[C@@H]12. The summed E-state index contributed by atoms with van der Waals surface area (Å²) in [6.07, 6.45) is -1.17. The molecule has 0 radical (unpaired) electrons. The van der Waals surface area contributed by atoms with Crippen molar-refractivity contribution < 1.29 is 33.6 Å². The van der Waals surface area contributed by atoms with Crippen LogP contribution in [0.25, 0.3) is 0 Å². The van der Waals surface area contributed by atoms with Gasteiger partial charge >= 0.3 is 5.97 Å². The van der Waals surface area contributed by atoms with Gasteiger partial charge in [0.15, 0.2) is 5.79 Å². The van der Waals surface area contributed by atoms with Crippen molar-refractivity contribution in [3.05, 3.63) is 0 Å². The Hall–Kier alpha value is -0.730. The first-order chi connectivity index (χ1) is 8.87. The molecule has 7 nitrogen and oxygen atoms in total. The van der Waals surface area contributed by atoms with E-state index in [-0.39, 0.29) is 0 Å². The van der Waals surface area contributed by atoms with Gasteiger partial charge in [-0.2, -0.15) is 0 Å². The summed E-state index contributed by atoms with van der Waals surface area (Å²) < 4.78 is 27.7. The third kappa shape index (κ3) is 1.27. The molecule has 0 amide bonds. The molecule has 1 aliphatic carbocycles. The molecule has 0 aromatic carbocycles. The van der Waals surface area contributed by atoms with Gasteiger partial charge in [0.05, 0.1) is 6.61 Å². The normalized spacial score (nSPS) is 45.3. The highest BCUT2D eigenvalue weighted by atomic mass is 16.8. The Morgan fingerprint density at radius 1 is 1.26 bits per heavy atom. The molecule has 0 aromatic heterocycles. The molecule has 0 spiro atoms. The lowest BCUT2D eigenvalue weighted by molar-refractivity contribution is -0.309. The van der Waals surface area contributed by atoms with Gasteiger partial charge in [0.1, 0.15) is 18.1 Å². The molecule has 2 saturated heterocycles. The van der Waals surface area contributed by atoms with Crippen molar-refractivity contribution in [1.29, 1.82) is 0 Å². The van der Waals surface area contributed by atoms with Crippen LogP contribution in [0.5, 0.6) is 0 Å². The maximum absolute atomic E-state index is 12.1. The maximum Gasteiger partial charge on any atom is 0.318 e. The van der Waals surface area contributed by atoms with Gasteiger partial charge < -0.3 is 28.8 Å². The van der Waals surface area contributed by atoms with Gasteiger partial charge in [0.2, 0.25) is 11.4 Å². The number of fused-ring (bicyclic) bond motifs is 5. The largest absolute Gasteiger partial charge is 0.447 e. The first-order valence-electron chi connectivity index (χ1n) is 6.17. The molecule has 7 heteroatoms. The van der Waals surface area contributed by atoms with Gasteiger partial charge in [-0.15, -0.1) is 0 Å². The topological polar surface area (TPSA) is 83.5 Å². The van der Waals surface area contributed by atoms with Gasteiger partial charge in [-0.05, 0) is 13.8 Å². The zero-order valence-corrected chi connectivity index (χ0v) is 11.3. The summed E-state index contributed by atoms with van der Waals surface area (Å²) in [6, 6.07) is 0. The highest BCUT2D eigenvalue weighted by Crippen LogP contribution is 2.60. The first-order valence-corrected chi connectivity index (χ1v) is 6.17. The molecule has 2 aliphatic heterocycles. The van der Waals surface area contributed by atoms with Crippen LogP contribution in [0.1, 0.15) is 13.8 Å². The summed E-state index contributed by atoms with van der Waals surface area (Å²) in [5.41, 5.74) is -1.39. The van der Waals surface area contributed by atoms with Crippen molar-refractivity contribution in [1.82, 2.24) is 0 Å². The summed E-state index contributed by atoms with van der Waals surface area (Å²) in [4.78, 5) is 12.1. The molecular formula is C12H18O7. The van der Waals surface area contributed by atoms with Gasteiger partial charge in [-0.1, -0.05) is 0 Å². The third-order valence-electron chi connectivity index (χ3n) is 4.29. The number of ether oxygens (including phenoxy) is 5. The van der Waals surface area contributed by atoms with Gasteiger partial charge in [-0.3, -0.25) is 4.79 Å². The van der Waals surface area contributed by atoms with Crippen LogP contribution >= 0.6 is 0 Å². The van der Waals surface area contributed by atoms with E-state index in [4.69, 9.17) is 23.7 Å². The standard InChI is InChI=1S/C12H18O7/c1-10(2)17-7-6-9(14)19-11(5-13,8(7)18-10)12(6,15-3)16-4/h6-8,13H,5H2,1-4H3/t6-,7-,8-,11-/m1/s1. The Morgan fingerprint density at radius 3 is 2.42 bits per heavy atom. The number of hydrogen-bond acceptors (Lipinski definition) is 7. The average Bonchev–Trinajstić information content (AvgIpc) is 2.87. The fourth-order valence-corrected chi connectivity index (χ4v) is 3.65. The Bertz CT molecular complexity index is 416. The lowest BCUT2D eigenvalue weighted by Crippen LogP contribution is -2.60. The highest BCUT2D eigenvalue weighted by molar-refractivity contribution is 5.80. The van der Waals surface area contributed by atoms with Crippen LogP contribution in [0.3, 0.4) is 0 Å². The van der Waals surface area contributed by atoms with Crippen LogP contribution in [0.2, 0.25) is 0 Å². The molecule has 3 rings (SSSR count). The van der Waals surface area contributed by atoms with Crippen molar-refractivity contribution in [3.63, 3.8) is 0 Å². The predicted octanol–water partition coefficient (Wildman–Crippen LogP) is -0.587. The predicted molar refractivity (Wildman–Crippen MR) is 60.0 cm³/mol. The highest BCUT2D eigenvalue weighted by Gasteiger charge is 2.84. The quantitative estimate of drug-likeness (QED) is 0.544. The van der Waals surface area contributed by atoms with Gasteiger partial charge in [0.25, 0.3) is 0 Å². The van der Waals surface area contributed by atoms with Crippen LogP contribution < -0.4 is 0 Å². The van der Waals surface area contributed by atoms with Crippen molar-refractivity contribution in [2.24, 2.45) is 5.92 Å². The summed E-state index contributed by atoms with van der Waals surface area (Å²) >= 11 is 0. The van der Waals surface area contributed by atoms with E-state index in [1.807, 2.05) is 0 Å². The lowest BCUT2D eigenvalue weighted by Gasteiger charge is -2.39. The van der Waals surface area contributed by atoms with Crippen molar-refractivity contribution >= 4 is 5.97 Å². The van der Waals surface area contributed by atoms with E-state index < -0.39 is 47.9 Å². The van der Waals surface area contributed by atoms with E-state index in [0.717, 1.165) is 0 Å². The number of carbonyl (C=O) groups is 1. The smallest absolute Gasteiger partial charge is 0.318 e. The van der Waals surface area contributed by atoms with Gasteiger partial charge in [-0.25, -0.2) is 0 Å². The molecule has 0 aromatic rings. The molecule has 3 aliphatic rings. The Morgan fingerprint density at radius 2 is 1.89 bits per heavy atom. The number of carbonyl (C=O) groups excluding carboxylic acids is 1. The lowest BCUT2D eigenvalue weighted by atomic mass is 9.94. The minimum Gasteiger partial charge on any atom is -0.447 e. The van der Waals surface area contributed by atoms with Crippen LogP contribution in [0.4, 0.5) is 0 Å².